The van der Waals surface area contributed by atoms with Crippen LogP contribution in [0.25, 0.3) is 0 Å². The number of thioether (sulfide) groups is 1. The van der Waals surface area contributed by atoms with Gasteiger partial charge in [-0.15, -0.1) is 0 Å². The maximum atomic E-state index is 12.4. The molecule has 18 heavy (non-hydrogen) atoms. The van der Waals surface area contributed by atoms with Crippen molar-refractivity contribution in [3.8, 4) is 0 Å². The second-order valence-corrected chi connectivity index (χ2v) is 6.03. The molecule has 0 radical (unpaired) electrons. The molecular weight excluding hydrogens is 246 g/mol. The zero-order valence-corrected chi connectivity index (χ0v) is 12.9. The Morgan fingerprint density at radius 3 is 2.56 bits per heavy atom. The van der Waals surface area contributed by atoms with Gasteiger partial charge >= 0.3 is 0 Å². The van der Waals surface area contributed by atoms with Gasteiger partial charge in [-0.3, -0.25) is 9.69 Å². The Morgan fingerprint density at radius 1 is 1.39 bits per heavy atom. The summed E-state index contributed by atoms with van der Waals surface area (Å²) < 4.78 is 0. The van der Waals surface area contributed by atoms with Gasteiger partial charge in [0.15, 0.2) is 0 Å². The van der Waals surface area contributed by atoms with Crippen molar-refractivity contribution in [2.45, 2.75) is 32.4 Å². The van der Waals surface area contributed by atoms with E-state index >= 15 is 0 Å². The molecule has 1 heterocycles. The molecule has 2 atom stereocenters. The summed E-state index contributed by atoms with van der Waals surface area (Å²) in [5, 5.41) is 3.28. The fraction of sp³-hybridized carbons (Fsp3) is 0.923. The van der Waals surface area contributed by atoms with Crippen LogP contribution in [0.2, 0.25) is 0 Å². The van der Waals surface area contributed by atoms with Crippen LogP contribution in [0, 0.1) is 0 Å². The summed E-state index contributed by atoms with van der Waals surface area (Å²) in [6, 6.07) is 0.444. The number of hydrogen-bond donors (Lipinski definition) is 1. The normalized spacial score (nSPS) is 19.9. The summed E-state index contributed by atoms with van der Waals surface area (Å²) in [7, 11) is 2.07. The summed E-state index contributed by atoms with van der Waals surface area (Å²) in [4.78, 5) is 16.6. The van der Waals surface area contributed by atoms with Gasteiger partial charge < -0.3 is 10.2 Å². The maximum absolute atomic E-state index is 12.4. The van der Waals surface area contributed by atoms with Crippen molar-refractivity contribution in [3.63, 3.8) is 0 Å². The second-order valence-electron chi connectivity index (χ2n) is 5.05. The van der Waals surface area contributed by atoms with E-state index in [1.807, 2.05) is 23.6 Å². The first-order valence-corrected chi connectivity index (χ1v) is 8.17. The molecule has 0 saturated carbocycles. The molecule has 0 spiro atoms. The van der Waals surface area contributed by atoms with Gasteiger partial charge in [0.25, 0.3) is 0 Å². The monoisotopic (exact) mass is 273 g/mol. The van der Waals surface area contributed by atoms with Gasteiger partial charge in [0, 0.05) is 32.2 Å². The van der Waals surface area contributed by atoms with Crippen LogP contribution in [-0.2, 0) is 4.79 Å². The Balaban J connectivity index is 2.45. The fourth-order valence-electron chi connectivity index (χ4n) is 2.20. The van der Waals surface area contributed by atoms with Gasteiger partial charge in [-0.25, -0.2) is 0 Å². The first-order valence-electron chi connectivity index (χ1n) is 6.78. The van der Waals surface area contributed by atoms with Crippen molar-refractivity contribution >= 4 is 17.7 Å². The molecule has 1 fully saturated rings. The summed E-state index contributed by atoms with van der Waals surface area (Å²) in [6.45, 7) is 7.76. The summed E-state index contributed by atoms with van der Waals surface area (Å²) in [5.74, 6) is 1.43. The number of nitrogens with one attached hydrogen (secondary N) is 1. The van der Waals surface area contributed by atoms with Crippen molar-refractivity contribution < 1.29 is 4.79 Å². The molecular formula is C13H27N3OS. The first-order chi connectivity index (χ1) is 8.57. The highest BCUT2D eigenvalue weighted by Crippen LogP contribution is 2.11. The van der Waals surface area contributed by atoms with E-state index in [-0.39, 0.29) is 11.9 Å². The lowest BCUT2D eigenvalue weighted by Crippen LogP contribution is -2.53. The quantitative estimate of drug-likeness (QED) is 0.779. The molecule has 0 aliphatic carbocycles. The lowest BCUT2D eigenvalue weighted by Gasteiger charge is -2.35. The van der Waals surface area contributed by atoms with Crippen molar-refractivity contribution in [1.29, 1.82) is 0 Å². The molecule has 1 aliphatic heterocycles. The highest BCUT2D eigenvalue weighted by atomic mass is 32.2. The third kappa shape index (κ3) is 4.44. The Bertz CT molecular complexity index is 257. The Hall–Kier alpha value is -0.260. The SMILES string of the molecule is CSCCC(C)N(C)C(C)C(=O)N1CCNCC1. The van der Waals surface area contributed by atoms with Gasteiger partial charge in [-0.05, 0) is 39.3 Å². The molecule has 1 amide bonds. The van der Waals surface area contributed by atoms with Gasteiger partial charge in [-0.1, -0.05) is 0 Å². The molecule has 2 unspecified atom stereocenters. The lowest BCUT2D eigenvalue weighted by molar-refractivity contribution is -0.137. The van der Waals surface area contributed by atoms with Crippen LogP contribution in [0.3, 0.4) is 0 Å². The molecule has 106 valence electrons. The zero-order valence-electron chi connectivity index (χ0n) is 12.1. The van der Waals surface area contributed by atoms with E-state index in [0.29, 0.717) is 6.04 Å². The number of likely N-dealkylation sites (N-methyl/N-ethyl adjacent to an activating group) is 1. The summed E-state index contributed by atoms with van der Waals surface area (Å²) in [6.07, 6.45) is 3.26. The van der Waals surface area contributed by atoms with Crippen LogP contribution >= 0.6 is 11.8 Å². The summed E-state index contributed by atoms with van der Waals surface area (Å²) in [5.41, 5.74) is 0. The number of hydrogen-bond acceptors (Lipinski definition) is 4. The molecule has 1 saturated heterocycles. The number of carbonyl (C=O) groups is 1. The smallest absolute Gasteiger partial charge is 0.239 e. The van der Waals surface area contributed by atoms with Crippen LogP contribution in [0.5, 0.6) is 0 Å². The molecule has 0 bridgehead atoms. The van der Waals surface area contributed by atoms with E-state index in [9.17, 15) is 4.79 Å². The average molecular weight is 273 g/mol. The highest BCUT2D eigenvalue weighted by molar-refractivity contribution is 7.98. The van der Waals surface area contributed by atoms with Crippen LogP contribution in [0.15, 0.2) is 0 Å². The molecule has 0 aromatic rings. The second kappa shape index (κ2) is 8.02. The van der Waals surface area contributed by atoms with E-state index in [1.54, 1.807) is 0 Å². The molecule has 4 nitrogen and oxygen atoms in total. The van der Waals surface area contributed by atoms with E-state index < -0.39 is 0 Å². The van der Waals surface area contributed by atoms with Gasteiger partial charge in [0.1, 0.15) is 0 Å². The Labute approximate surface area is 115 Å². The molecule has 1 aliphatic rings. The van der Waals surface area contributed by atoms with Crippen LogP contribution in [0.1, 0.15) is 20.3 Å². The van der Waals surface area contributed by atoms with Gasteiger partial charge in [0.05, 0.1) is 6.04 Å². The minimum absolute atomic E-state index is 0.0139. The minimum atomic E-state index is -0.0139. The van der Waals surface area contributed by atoms with Crippen molar-refractivity contribution in [2.75, 3.05) is 45.2 Å². The van der Waals surface area contributed by atoms with E-state index in [4.69, 9.17) is 0 Å². The molecule has 0 aromatic heterocycles. The number of carbonyl (C=O) groups excluding carboxylic acids is 1. The van der Waals surface area contributed by atoms with E-state index in [2.05, 4.69) is 30.4 Å². The van der Waals surface area contributed by atoms with E-state index in [0.717, 1.165) is 38.4 Å². The zero-order chi connectivity index (χ0) is 13.5. The van der Waals surface area contributed by atoms with Gasteiger partial charge in [-0.2, -0.15) is 11.8 Å². The van der Waals surface area contributed by atoms with Crippen molar-refractivity contribution in [2.24, 2.45) is 0 Å². The molecule has 1 rings (SSSR count). The highest BCUT2D eigenvalue weighted by Gasteiger charge is 2.26. The Kier molecular flexibility index (Phi) is 7.04. The van der Waals surface area contributed by atoms with Crippen LogP contribution < -0.4 is 5.32 Å². The van der Waals surface area contributed by atoms with Crippen molar-refractivity contribution in [1.82, 2.24) is 15.1 Å². The molecule has 0 aromatic carbocycles. The van der Waals surface area contributed by atoms with Crippen molar-refractivity contribution in [3.05, 3.63) is 0 Å². The Morgan fingerprint density at radius 2 is 2.00 bits per heavy atom. The predicted octanol–water partition coefficient (Wildman–Crippen LogP) is 0.880. The minimum Gasteiger partial charge on any atom is -0.339 e. The summed E-state index contributed by atoms with van der Waals surface area (Å²) >= 11 is 1.87. The lowest BCUT2D eigenvalue weighted by atomic mass is 10.1. The number of nitrogens with zero attached hydrogens (tertiary/aromatic N) is 2. The fourth-order valence-corrected chi connectivity index (χ4v) is 2.77. The van der Waals surface area contributed by atoms with E-state index in [1.165, 1.54) is 0 Å². The maximum Gasteiger partial charge on any atom is 0.239 e. The van der Waals surface area contributed by atoms with Crippen LogP contribution in [-0.4, -0.2) is 73.0 Å². The number of amides is 1. The number of piperazine rings is 1. The first kappa shape index (κ1) is 15.8. The van der Waals surface area contributed by atoms with Crippen LogP contribution in [0.4, 0.5) is 0 Å². The molecule has 5 heteroatoms. The average Bonchev–Trinajstić information content (AvgIpc) is 2.43. The third-order valence-electron chi connectivity index (χ3n) is 3.83. The topological polar surface area (TPSA) is 35.6 Å². The largest absolute Gasteiger partial charge is 0.339 e. The number of rotatable bonds is 6. The third-order valence-corrected chi connectivity index (χ3v) is 4.48. The predicted molar refractivity (Wildman–Crippen MR) is 79.1 cm³/mol. The van der Waals surface area contributed by atoms with Gasteiger partial charge in [0.2, 0.25) is 5.91 Å². The standard InChI is InChI=1S/C13H27N3OS/c1-11(5-10-18-4)15(3)12(2)13(17)16-8-6-14-7-9-16/h11-12,14H,5-10H2,1-4H3. The molecule has 1 N–H and O–H groups in total.